The van der Waals surface area contributed by atoms with Crippen molar-refractivity contribution in [3.05, 3.63) is 114 Å². The molecule has 6 rings (SSSR count). The maximum absolute atomic E-state index is 5.76. The van der Waals surface area contributed by atoms with Crippen molar-refractivity contribution in [1.29, 1.82) is 0 Å². The predicted molar refractivity (Wildman–Crippen MR) is 147 cm³/mol. The molecule has 1 aliphatic rings. The molecule has 0 aliphatic carbocycles. The number of fused-ring (bicyclic) bond motifs is 3. The first kappa shape index (κ1) is 22.7. The maximum atomic E-state index is 5.76. The van der Waals surface area contributed by atoms with Gasteiger partial charge in [0.2, 0.25) is 11.7 Å². The Hall–Kier alpha value is -4.71. The van der Waals surface area contributed by atoms with Crippen LogP contribution in [0.25, 0.3) is 22.3 Å². The lowest BCUT2D eigenvalue weighted by Crippen LogP contribution is -2.23. The van der Waals surface area contributed by atoms with Gasteiger partial charge >= 0.3 is 0 Å². The number of hydrogen-bond acceptors (Lipinski definition) is 5. The number of ether oxygens (including phenoxy) is 3. The average Bonchev–Trinajstić information content (AvgIpc) is 3.34. The third-order valence-electron chi connectivity index (χ3n) is 6.78. The van der Waals surface area contributed by atoms with E-state index in [1.807, 2.05) is 42.5 Å². The molecule has 6 nitrogen and oxygen atoms in total. The highest BCUT2D eigenvalue weighted by Gasteiger charge is 2.34. The van der Waals surface area contributed by atoms with E-state index in [1.54, 1.807) is 21.3 Å². The fourth-order valence-electron chi connectivity index (χ4n) is 5.17. The van der Waals surface area contributed by atoms with Crippen molar-refractivity contribution < 1.29 is 14.2 Å². The summed E-state index contributed by atoms with van der Waals surface area (Å²) in [6.07, 6.45) is 0. The molecule has 0 amide bonds. The summed E-state index contributed by atoms with van der Waals surface area (Å²) >= 11 is 0. The lowest BCUT2D eigenvalue weighted by atomic mass is 9.87. The summed E-state index contributed by atoms with van der Waals surface area (Å²) in [6, 6.07) is 32.9. The number of nitrogens with zero attached hydrogens (tertiary/aromatic N) is 2. The fourth-order valence-corrected chi connectivity index (χ4v) is 5.17. The highest BCUT2D eigenvalue weighted by Crippen LogP contribution is 2.49. The number of nitrogens with one attached hydrogen (secondary N) is 1. The Balaban J connectivity index is 1.72. The summed E-state index contributed by atoms with van der Waals surface area (Å²) in [5.74, 6) is 2.55. The molecular weight excluding hydrogens is 462 g/mol. The van der Waals surface area contributed by atoms with Crippen LogP contribution in [0.4, 0.5) is 5.95 Å². The van der Waals surface area contributed by atoms with Gasteiger partial charge in [0.25, 0.3) is 0 Å². The van der Waals surface area contributed by atoms with Crippen LogP contribution in [0.15, 0.2) is 97.1 Å². The Morgan fingerprint density at radius 3 is 1.92 bits per heavy atom. The number of hydrogen-bond donors (Lipinski definition) is 1. The van der Waals surface area contributed by atoms with Gasteiger partial charge in [-0.2, -0.15) is 0 Å². The van der Waals surface area contributed by atoms with Gasteiger partial charge < -0.3 is 19.5 Å². The molecule has 1 aliphatic heterocycles. The lowest BCUT2D eigenvalue weighted by molar-refractivity contribution is 0.323. The lowest BCUT2D eigenvalue weighted by Gasteiger charge is -2.33. The number of benzene rings is 4. The van der Waals surface area contributed by atoms with E-state index in [4.69, 9.17) is 19.2 Å². The van der Waals surface area contributed by atoms with Gasteiger partial charge in [-0.25, -0.2) is 4.98 Å². The first-order chi connectivity index (χ1) is 18.2. The smallest absolute Gasteiger partial charge is 0.209 e. The van der Waals surface area contributed by atoms with Crippen LogP contribution >= 0.6 is 0 Å². The van der Waals surface area contributed by atoms with Crippen molar-refractivity contribution in [3.63, 3.8) is 0 Å². The zero-order chi connectivity index (χ0) is 25.4. The molecule has 0 fully saturated rings. The molecule has 4 aromatic carbocycles. The average molecular weight is 490 g/mol. The molecule has 0 radical (unpaired) electrons. The summed E-state index contributed by atoms with van der Waals surface area (Å²) in [5.41, 5.74) is 7.26. The minimum atomic E-state index is -0.227. The van der Waals surface area contributed by atoms with Gasteiger partial charge in [-0.05, 0) is 41.0 Å². The number of para-hydroxylation sites is 2. The Labute approximate surface area is 215 Å². The molecule has 37 heavy (non-hydrogen) atoms. The molecule has 1 aromatic heterocycles. The van der Waals surface area contributed by atoms with Crippen molar-refractivity contribution >= 4 is 28.3 Å². The zero-order valence-corrected chi connectivity index (χ0v) is 20.9. The third-order valence-corrected chi connectivity index (χ3v) is 6.78. The van der Waals surface area contributed by atoms with Crippen LogP contribution in [-0.4, -0.2) is 30.9 Å². The van der Waals surface area contributed by atoms with Crippen LogP contribution in [0.2, 0.25) is 0 Å². The van der Waals surface area contributed by atoms with Crippen LogP contribution in [0.5, 0.6) is 17.2 Å². The molecule has 0 saturated carbocycles. The molecule has 184 valence electrons. The van der Waals surface area contributed by atoms with Gasteiger partial charge in [-0.3, -0.25) is 4.57 Å². The molecule has 0 saturated heterocycles. The molecular formula is C31H27N3O3. The minimum absolute atomic E-state index is 0.227. The molecule has 2 heterocycles. The van der Waals surface area contributed by atoms with Gasteiger partial charge in [0, 0.05) is 5.57 Å². The van der Waals surface area contributed by atoms with E-state index in [9.17, 15) is 0 Å². The van der Waals surface area contributed by atoms with Crippen LogP contribution < -0.4 is 19.5 Å². The van der Waals surface area contributed by atoms with Gasteiger partial charge in [-0.1, -0.05) is 72.8 Å². The SMILES string of the molecule is COc1cc(C2C(c3ccccc3)=C(c3ccccc3)Nc3nc4ccccc4n32)cc(OC)c1OC. The highest BCUT2D eigenvalue weighted by atomic mass is 16.5. The summed E-state index contributed by atoms with van der Waals surface area (Å²) in [6.45, 7) is 0. The number of allylic oxidation sites excluding steroid dienone is 1. The third kappa shape index (κ3) is 3.78. The van der Waals surface area contributed by atoms with Gasteiger partial charge in [0.05, 0.1) is 44.1 Å². The summed E-state index contributed by atoms with van der Waals surface area (Å²) in [4.78, 5) is 4.98. The van der Waals surface area contributed by atoms with E-state index in [-0.39, 0.29) is 6.04 Å². The van der Waals surface area contributed by atoms with E-state index in [0.29, 0.717) is 17.2 Å². The Bertz CT molecular complexity index is 1580. The minimum Gasteiger partial charge on any atom is -0.493 e. The number of methoxy groups -OCH3 is 3. The number of anilines is 1. The number of imidazole rings is 1. The molecule has 0 spiro atoms. The molecule has 1 N–H and O–H groups in total. The largest absolute Gasteiger partial charge is 0.493 e. The first-order valence-corrected chi connectivity index (χ1v) is 12.1. The Morgan fingerprint density at radius 2 is 1.30 bits per heavy atom. The maximum Gasteiger partial charge on any atom is 0.209 e. The van der Waals surface area contributed by atoms with E-state index in [0.717, 1.165) is 44.9 Å². The normalized spacial score (nSPS) is 14.7. The highest BCUT2D eigenvalue weighted by molar-refractivity contribution is 6.01. The summed E-state index contributed by atoms with van der Waals surface area (Å²) < 4.78 is 19.4. The van der Waals surface area contributed by atoms with Crippen molar-refractivity contribution in [2.24, 2.45) is 0 Å². The van der Waals surface area contributed by atoms with Crippen molar-refractivity contribution in [2.75, 3.05) is 26.6 Å². The van der Waals surface area contributed by atoms with Gasteiger partial charge in [-0.15, -0.1) is 0 Å². The summed E-state index contributed by atoms with van der Waals surface area (Å²) in [5, 5.41) is 3.68. The molecule has 5 aromatic rings. The molecule has 6 heteroatoms. The van der Waals surface area contributed by atoms with E-state index >= 15 is 0 Å². The van der Waals surface area contributed by atoms with Crippen LogP contribution in [0.1, 0.15) is 22.7 Å². The van der Waals surface area contributed by atoms with E-state index in [1.165, 1.54) is 0 Å². The van der Waals surface area contributed by atoms with Crippen LogP contribution in [0.3, 0.4) is 0 Å². The molecule has 0 bridgehead atoms. The van der Waals surface area contributed by atoms with E-state index < -0.39 is 0 Å². The quantitative estimate of drug-likeness (QED) is 0.290. The molecule has 1 atom stereocenters. The second-order valence-corrected chi connectivity index (χ2v) is 8.80. The fraction of sp³-hybridized carbons (Fsp3) is 0.129. The number of aromatic nitrogens is 2. The predicted octanol–water partition coefficient (Wildman–Crippen LogP) is 6.65. The van der Waals surface area contributed by atoms with Crippen LogP contribution in [0, 0.1) is 0 Å². The van der Waals surface area contributed by atoms with Gasteiger partial charge in [0.1, 0.15) is 0 Å². The second kappa shape index (κ2) is 9.39. The Kier molecular flexibility index (Phi) is 5.77. The van der Waals surface area contributed by atoms with Gasteiger partial charge in [0.15, 0.2) is 11.5 Å². The standard InChI is InChI=1S/C31H27N3O3/c1-35-25-18-22(19-26(36-2)30(25)37-3)29-27(20-12-6-4-7-13-20)28(21-14-8-5-9-15-21)33-31-32-23-16-10-11-17-24(23)34(29)31/h4-19,29H,1-3H3,(H,32,33). The van der Waals surface area contributed by atoms with Crippen molar-refractivity contribution in [1.82, 2.24) is 9.55 Å². The summed E-state index contributed by atoms with van der Waals surface area (Å²) in [7, 11) is 4.91. The van der Waals surface area contributed by atoms with Crippen LogP contribution in [-0.2, 0) is 0 Å². The Morgan fingerprint density at radius 1 is 0.703 bits per heavy atom. The number of rotatable bonds is 6. The topological polar surface area (TPSA) is 57.5 Å². The second-order valence-electron chi connectivity index (χ2n) is 8.80. The zero-order valence-electron chi connectivity index (χ0n) is 20.9. The first-order valence-electron chi connectivity index (χ1n) is 12.1. The van der Waals surface area contributed by atoms with Crippen molar-refractivity contribution in [3.8, 4) is 17.2 Å². The molecule has 1 unspecified atom stereocenters. The monoisotopic (exact) mass is 489 g/mol. The van der Waals surface area contributed by atoms with E-state index in [2.05, 4.69) is 64.5 Å². The van der Waals surface area contributed by atoms with Crippen molar-refractivity contribution in [2.45, 2.75) is 6.04 Å².